The molecular formula is C13H15NO4. The molecule has 5 heteroatoms. The Kier molecular flexibility index (Phi) is 3.23. The summed E-state index contributed by atoms with van der Waals surface area (Å²) in [6.07, 6.45) is 1.00. The molecule has 1 aliphatic heterocycles. The van der Waals surface area contributed by atoms with Crippen molar-refractivity contribution in [1.29, 1.82) is 0 Å². The number of benzene rings is 1. The summed E-state index contributed by atoms with van der Waals surface area (Å²) in [6, 6.07) is 4.51. The number of carbonyl (C=O) groups is 2. The van der Waals surface area contributed by atoms with Gasteiger partial charge in [-0.05, 0) is 30.5 Å². The van der Waals surface area contributed by atoms with Crippen LogP contribution in [0.4, 0.5) is 0 Å². The van der Waals surface area contributed by atoms with Gasteiger partial charge in [0, 0.05) is 12.6 Å². The number of methoxy groups -OCH3 is 1. The minimum Gasteiger partial charge on any atom is -0.497 e. The van der Waals surface area contributed by atoms with E-state index in [2.05, 4.69) is 0 Å². The largest absolute Gasteiger partial charge is 0.497 e. The standard InChI is InChI=1S/C13H15NO4/c1-14-11(13(16)17)6-4-8-3-5-9(18-2)7-10(8)12(14)15/h3,5,7,11H,4,6H2,1-2H3,(H,16,17). The molecule has 0 saturated heterocycles. The highest BCUT2D eigenvalue weighted by molar-refractivity contribution is 5.98. The maximum atomic E-state index is 12.2. The summed E-state index contributed by atoms with van der Waals surface area (Å²) < 4.78 is 5.09. The highest BCUT2D eigenvalue weighted by Crippen LogP contribution is 2.25. The van der Waals surface area contributed by atoms with E-state index in [0.29, 0.717) is 24.2 Å². The van der Waals surface area contributed by atoms with Crippen molar-refractivity contribution >= 4 is 11.9 Å². The fraction of sp³-hybridized carbons (Fsp3) is 0.385. The lowest BCUT2D eigenvalue weighted by atomic mass is 10.0. The predicted octanol–water partition coefficient (Wildman–Crippen LogP) is 1.17. The van der Waals surface area contributed by atoms with Gasteiger partial charge >= 0.3 is 5.97 Å². The van der Waals surface area contributed by atoms with Gasteiger partial charge in [0.1, 0.15) is 11.8 Å². The van der Waals surface area contributed by atoms with E-state index in [-0.39, 0.29) is 5.91 Å². The lowest BCUT2D eigenvalue weighted by Crippen LogP contribution is -2.41. The topological polar surface area (TPSA) is 66.8 Å². The molecule has 5 nitrogen and oxygen atoms in total. The first-order valence-electron chi connectivity index (χ1n) is 5.71. The van der Waals surface area contributed by atoms with Crippen LogP contribution < -0.4 is 4.74 Å². The zero-order chi connectivity index (χ0) is 13.3. The molecule has 1 aromatic rings. The molecule has 1 N–H and O–H groups in total. The van der Waals surface area contributed by atoms with E-state index < -0.39 is 12.0 Å². The number of hydrogen-bond acceptors (Lipinski definition) is 3. The van der Waals surface area contributed by atoms with Crippen molar-refractivity contribution in [2.45, 2.75) is 18.9 Å². The van der Waals surface area contributed by atoms with Gasteiger partial charge in [-0.25, -0.2) is 4.79 Å². The van der Waals surface area contributed by atoms with Crippen LogP contribution in [-0.2, 0) is 11.2 Å². The van der Waals surface area contributed by atoms with E-state index in [9.17, 15) is 9.59 Å². The van der Waals surface area contributed by atoms with Crippen molar-refractivity contribution in [2.24, 2.45) is 0 Å². The van der Waals surface area contributed by atoms with E-state index in [0.717, 1.165) is 5.56 Å². The number of aryl methyl sites for hydroxylation is 1. The molecule has 1 amide bonds. The molecule has 2 rings (SSSR count). The molecule has 0 aliphatic carbocycles. The number of likely N-dealkylation sites (N-methyl/N-ethyl adjacent to an activating group) is 1. The number of hydrogen-bond donors (Lipinski definition) is 1. The van der Waals surface area contributed by atoms with Crippen molar-refractivity contribution in [3.8, 4) is 5.75 Å². The lowest BCUT2D eigenvalue weighted by molar-refractivity contribution is -0.142. The van der Waals surface area contributed by atoms with Crippen molar-refractivity contribution in [2.75, 3.05) is 14.2 Å². The van der Waals surface area contributed by atoms with Crippen molar-refractivity contribution in [3.63, 3.8) is 0 Å². The number of rotatable bonds is 2. The third-order valence-corrected chi connectivity index (χ3v) is 3.31. The summed E-state index contributed by atoms with van der Waals surface area (Å²) in [5, 5.41) is 9.11. The molecule has 1 atom stereocenters. The van der Waals surface area contributed by atoms with Gasteiger partial charge in [0.2, 0.25) is 0 Å². The van der Waals surface area contributed by atoms with Gasteiger partial charge < -0.3 is 14.7 Å². The number of fused-ring (bicyclic) bond motifs is 1. The third kappa shape index (κ3) is 2.03. The molecule has 0 radical (unpaired) electrons. The van der Waals surface area contributed by atoms with Crippen molar-refractivity contribution in [3.05, 3.63) is 29.3 Å². The van der Waals surface area contributed by atoms with Gasteiger partial charge in [0.15, 0.2) is 0 Å². The summed E-state index contributed by atoms with van der Waals surface area (Å²) >= 11 is 0. The van der Waals surface area contributed by atoms with E-state index in [1.54, 1.807) is 12.1 Å². The van der Waals surface area contributed by atoms with Gasteiger partial charge in [0.05, 0.1) is 7.11 Å². The van der Waals surface area contributed by atoms with Crippen LogP contribution in [0.3, 0.4) is 0 Å². The molecule has 1 unspecified atom stereocenters. The van der Waals surface area contributed by atoms with Gasteiger partial charge in [-0.2, -0.15) is 0 Å². The Morgan fingerprint density at radius 2 is 2.22 bits per heavy atom. The van der Waals surface area contributed by atoms with Crippen molar-refractivity contribution in [1.82, 2.24) is 4.90 Å². The Bertz CT molecular complexity index is 498. The quantitative estimate of drug-likeness (QED) is 0.854. The van der Waals surface area contributed by atoms with Crippen LogP contribution in [0.15, 0.2) is 18.2 Å². The number of aliphatic carboxylic acids is 1. The fourth-order valence-electron chi connectivity index (χ4n) is 2.21. The molecule has 0 bridgehead atoms. The van der Waals surface area contributed by atoms with Gasteiger partial charge in [0.25, 0.3) is 5.91 Å². The van der Waals surface area contributed by atoms with Crippen LogP contribution in [0.5, 0.6) is 5.75 Å². The number of ether oxygens (including phenoxy) is 1. The molecule has 18 heavy (non-hydrogen) atoms. The number of carbonyl (C=O) groups excluding carboxylic acids is 1. The number of nitrogens with zero attached hydrogens (tertiary/aromatic N) is 1. The third-order valence-electron chi connectivity index (χ3n) is 3.31. The Morgan fingerprint density at radius 1 is 1.50 bits per heavy atom. The van der Waals surface area contributed by atoms with Crippen LogP contribution in [0.25, 0.3) is 0 Å². The predicted molar refractivity (Wildman–Crippen MR) is 64.8 cm³/mol. The Hall–Kier alpha value is -2.04. The highest BCUT2D eigenvalue weighted by atomic mass is 16.5. The van der Waals surface area contributed by atoms with Crippen LogP contribution >= 0.6 is 0 Å². The highest BCUT2D eigenvalue weighted by Gasteiger charge is 2.31. The van der Waals surface area contributed by atoms with Gasteiger partial charge in [-0.1, -0.05) is 6.07 Å². The van der Waals surface area contributed by atoms with Gasteiger partial charge in [-0.3, -0.25) is 4.79 Å². The molecule has 1 aliphatic rings. The first kappa shape index (κ1) is 12.4. The summed E-state index contributed by atoms with van der Waals surface area (Å²) in [4.78, 5) is 24.6. The average Bonchev–Trinajstić information content (AvgIpc) is 2.48. The normalized spacial score (nSPS) is 19.1. The second-order valence-electron chi connectivity index (χ2n) is 4.33. The lowest BCUT2D eigenvalue weighted by Gasteiger charge is -2.22. The number of carboxylic acids is 1. The molecule has 96 valence electrons. The average molecular weight is 249 g/mol. The smallest absolute Gasteiger partial charge is 0.326 e. The molecule has 0 aromatic heterocycles. The Morgan fingerprint density at radius 3 is 2.83 bits per heavy atom. The zero-order valence-corrected chi connectivity index (χ0v) is 10.3. The molecule has 1 heterocycles. The van der Waals surface area contributed by atoms with E-state index in [1.165, 1.54) is 19.1 Å². The second kappa shape index (κ2) is 4.68. The molecule has 0 spiro atoms. The minimum absolute atomic E-state index is 0.270. The number of carboxylic acid groups (broad SMARTS) is 1. The van der Waals surface area contributed by atoms with E-state index in [4.69, 9.17) is 9.84 Å². The van der Waals surface area contributed by atoms with Crippen LogP contribution in [0.1, 0.15) is 22.3 Å². The maximum Gasteiger partial charge on any atom is 0.326 e. The van der Waals surface area contributed by atoms with Crippen LogP contribution in [0, 0.1) is 0 Å². The SMILES string of the molecule is COc1ccc2c(c1)C(=O)N(C)C(C(=O)O)CC2. The molecule has 0 saturated carbocycles. The molecular weight excluding hydrogens is 234 g/mol. The summed E-state index contributed by atoms with van der Waals surface area (Å²) in [5.74, 6) is -0.635. The van der Waals surface area contributed by atoms with E-state index >= 15 is 0 Å². The fourth-order valence-corrected chi connectivity index (χ4v) is 2.21. The zero-order valence-electron chi connectivity index (χ0n) is 10.3. The van der Waals surface area contributed by atoms with E-state index in [1.807, 2.05) is 6.07 Å². The first-order valence-corrected chi connectivity index (χ1v) is 5.71. The Labute approximate surface area is 105 Å². The Balaban J connectivity index is 2.43. The first-order chi connectivity index (χ1) is 8.54. The molecule has 0 fully saturated rings. The van der Waals surface area contributed by atoms with Gasteiger partial charge in [-0.15, -0.1) is 0 Å². The minimum atomic E-state index is -0.967. The van der Waals surface area contributed by atoms with Crippen LogP contribution in [0.2, 0.25) is 0 Å². The summed E-state index contributed by atoms with van der Waals surface area (Å²) in [7, 11) is 3.06. The molecule has 1 aromatic carbocycles. The maximum absolute atomic E-state index is 12.2. The van der Waals surface area contributed by atoms with Crippen LogP contribution in [-0.4, -0.2) is 42.1 Å². The second-order valence-corrected chi connectivity index (χ2v) is 4.33. The van der Waals surface area contributed by atoms with Crippen molar-refractivity contribution < 1.29 is 19.4 Å². The summed E-state index contributed by atoms with van der Waals surface area (Å²) in [6.45, 7) is 0. The monoisotopic (exact) mass is 249 g/mol. The summed E-state index contributed by atoms with van der Waals surface area (Å²) in [5.41, 5.74) is 1.40. The number of amides is 1.